The Kier molecular flexibility index (Phi) is 1.59. The van der Waals surface area contributed by atoms with Gasteiger partial charge < -0.3 is 9.84 Å². The molecule has 0 saturated carbocycles. The average Bonchev–Trinajstić information content (AvgIpc) is 2.04. The quantitative estimate of drug-likeness (QED) is 0.725. The molecule has 1 aromatic carbocycles. The minimum absolute atomic E-state index is 0.0998. The molecule has 0 aliphatic heterocycles. The van der Waals surface area contributed by atoms with E-state index in [1.54, 1.807) is 0 Å². The van der Waals surface area contributed by atoms with Gasteiger partial charge in [-0.1, -0.05) is 20.8 Å². The van der Waals surface area contributed by atoms with Crippen LogP contribution in [0.3, 0.4) is 0 Å². The highest BCUT2D eigenvalue weighted by Crippen LogP contribution is 2.33. The third kappa shape index (κ3) is 2.14. The van der Waals surface area contributed by atoms with Gasteiger partial charge in [-0.15, -0.1) is 0 Å². The molecule has 2 nitrogen and oxygen atoms in total. The Hall–Kier alpha value is -1.18. The molecule has 0 heterocycles. The van der Waals surface area contributed by atoms with Crippen LogP contribution in [0.5, 0.6) is 11.5 Å². The Labute approximate surface area is 83.4 Å². The normalized spacial score (nSPS) is 15.8. The van der Waals surface area contributed by atoms with Crippen LogP contribution in [0.25, 0.3) is 0 Å². The molecular weight excluding hydrogens is 164 g/mol. The molecule has 0 fully saturated rings. The molecule has 13 heavy (non-hydrogen) atoms. The molecule has 0 spiro atoms. The van der Waals surface area contributed by atoms with Gasteiger partial charge in [0.15, 0.2) is 0 Å². The zero-order chi connectivity index (χ0) is 12.6. The molecule has 0 unspecified atom stereocenters. The lowest BCUT2D eigenvalue weighted by atomic mass is 9.86. The van der Waals surface area contributed by atoms with Gasteiger partial charge >= 0.3 is 0 Å². The number of rotatable bonds is 1. The predicted octanol–water partition coefficient (Wildman–Crippen LogP) is 2.70. The molecule has 1 rings (SSSR count). The number of hydrogen-bond donors (Lipinski definition) is 1. The highest BCUT2D eigenvalue weighted by atomic mass is 16.5. The summed E-state index contributed by atoms with van der Waals surface area (Å²) in [7, 11) is -2.48. The van der Waals surface area contributed by atoms with Crippen molar-refractivity contribution in [3.8, 4) is 11.5 Å². The summed E-state index contributed by atoms with van der Waals surface area (Å²) in [6, 6.07) is 4.42. The summed E-state index contributed by atoms with van der Waals surface area (Å²) in [6.45, 7) is 5.77. The van der Waals surface area contributed by atoms with E-state index in [-0.39, 0.29) is 16.9 Å². The fourth-order valence-corrected chi connectivity index (χ4v) is 1.19. The van der Waals surface area contributed by atoms with Gasteiger partial charge in [0.1, 0.15) is 11.5 Å². The summed E-state index contributed by atoms with van der Waals surface area (Å²) in [6.07, 6.45) is 0. The third-order valence-electron chi connectivity index (χ3n) is 1.88. The first-order valence-electron chi connectivity index (χ1n) is 5.62. The molecule has 0 bridgehead atoms. The largest absolute Gasteiger partial charge is 0.508 e. The Morgan fingerprint density at radius 1 is 1.38 bits per heavy atom. The Balaban J connectivity index is 3.19. The van der Waals surface area contributed by atoms with E-state index in [9.17, 15) is 5.11 Å². The maximum Gasteiger partial charge on any atom is 0.122 e. The van der Waals surface area contributed by atoms with E-state index in [0.29, 0.717) is 5.56 Å². The molecular formula is C11H16O2. The second kappa shape index (κ2) is 3.29. The van der Waals surface area contributed by atoms with Gasteiger partial charge in [-0.05, 0) is 23.6 Å². The molecule has 0 aliphatic carbocycles. The van der Waals surface area contributed by atoms with Crippen LogP contribution in [0.1, 0.15) is 30.4 Å². The van der Waals surface area contributed by atoms with Crippen molar-refractivity contribution in [1.29, 1.82) is 0 Å². The SMILES string of the molecule is [2H]C([2H])([2H])Oc1ccc(O)cc1C(C)(C)C. The number of methoxy groups -OCH3 is 1. The lowest BCUT2D eigenvalue weighted by molar-refractivity contribution is 0.394. The zero-order valence-electron chi connectivity index (χ0n) is 11.1. The summed E-state index contributed by atoms with van der Waals surface area (Å²) >= 11 is 0. The van der Waals surface area contributed by atoms with Crippen LogP contribution < -0.4 is 4.74 Å². The van der Waals surface area contributed by atoms with E-state index < -0.39 is 7.04 Å². The van der Waals surface area contributed by atoms with Crippen LogP contribution in [-0.2, 0) is 5.41 Å². The number of phenolic OH excluding ortho intramolecular Hbond substituents is 1. The molecule has 0 saturated heterocycles. The number of phenols is 1. The average molecular weight is 183 g/mol. The summed E-state index contributed by atoms with van der Waals surface area (Å²) < 4.78 is 26.1. The van der Waals surface area contributed by atoms with Crippen LogP contribution in [0.2, 0.25) is 0 Å². The summed E-state index contributed by atoms with van der Waals surface area (Å²) in [5.41, 5.74) is 0.378. The van der Waals surface area contributed by atoms with Gasteiger partial charge in [-0.3, -0.25) is 0 Å². The van der Waals surface area contributed by atoms with Gasteiger partial charge in [0.25, 0.3) is 0 Å². The predicted molar refractivity (Wildman–Crippen MR) is 53.4 cm³/mol. The lowest BCUT2D eigenvalue weighted by Gasteiger charge is -2.21. The number of benzene rings is 1. The summed E-state index contributed by atoms with van der Waals surface area (Å²) in [4.78, 5) is 0. The van der Waals surface area contributed by atoms with Crippen molar-refractivity contribution in [1.82, 2.24) is 0 Å². The van der Waals surface area contributed by atoms with Crippen LogP contribution in [0.15, 0.2) is 18.2 Å². The van der Waals surface area contributed by atoms with Gasteiger partial charge in [-0.2, -0.15) is 0 Å². The van der Waals surface area contributed by atoms with Gasteiger partial charge in [0.2, 0.25) is 0 Å². The first kappa shape index (κ1) is 6.30. The fraction of sp³-hybridized carbons (Fsp3) is 0.455. The maximum atomic E-state index is 9.40. The van der Waals surface area contributed by atoms with E-state index in [0.717, 1.165) is 0 Å². The summed E-state index contributed by atoms with van der Waals surface area (Å²) in [5.74, 6) is 0.383. The lowest BCUT2D eigenvalue weighted by Crippen LogP contribution is -2.12. The zero-order valence-corrected chi connectivity index (χ0v) is 8.09. The van der Waals surface area contributed by atoms with Crippen LogP contribution >= 0.6 is 0 Å². The molecule has 0 aliphatic rings. The van der Waals surface area contributed by atoms with Gasteiger partial charge in [0, 0.05) is 5.56 Å². The van der Waals surface area contributed by atoms with Crippen LogP contribution in [0.4, 0.5) is 0 Å². The molecule has 2 heteroatoms. The third-order valence-corrected chi connectivity index (χ3v) is 1.88. The molecule has 1 N–H and O–H groups in total. The minimum atomic E-state index is -2.48. The molecule has 0 radical (unpaired) electrons. The molecule has 0 atom stereocenters. The number of hydrogen-bond acceptors (Lipinski definition) is 2. The standard InChI is InChI=1S/C11H16O2/c1-11(2,3)9-7-8(12)5-6-10(9)13-4/h5-7,12H,1-4H3/i4D3. The first-order chi connectivity index (χ1) is 7.09. The monoisotopic (exact) mass is 183 g/mol. The molecule has 1 aromatic rings. The van der Waals surface area contributed by atoms with Gasteiger partial charge in [0.05, 0.1) is 11.2 Å². The van der Waals surface area contributed by atoms with Crippen molar-refractivity contribution in [3.05, 3.63) is 23.8 Å². The van der Waals surface area contributed by atoms with E-state index in [1.165, 1.54) is 18.2 Å². The van der Waals surface area contributed by atoms with E-state index in [2.05, 4.69) is 0 Å². The molecule has 72 valence electrons. The van der Waals surface area contributed by atoms with Crippen molar-refractivity contribution < 1.29 is 14.0 Å². The topological polar surface area (TPSA) is 29.5 Å². The highest BCUT2D eigenvalue weighted by Gasteiger charge is 2.18. The first-order valence-corrected chi connectivity index (χ1v) is 4.12. The van der Waals surface area contributed by atoms with E-state index in [1.807, 2.05) is 20.8 Å². The van der Waals surface area contributed by atoms with Gasteiger partial charge in [-0.25, -0.2) is 0 Å². The number of ether oxygens (including phenoxy) is 1. The van der Waals surface area contributed by atoms with Crippen molar-refractivity contribution in [2.45, 2.75) is 26.2 Å². The minimum Gasteiger partial charge on any atom is -0.508 e. The van der Waals surface area contributed by atoms with Crippen molar-refractivity contribution in [2.75, 3.05) is 7.04 Å². The Morgan fingerprint density at radius 3 is 2.62 bits per heavy atom. The molecule has 0 aromatic heterocycles. The second-order valence-corrected chi connectivity index (χ2v) is 4.03. The molecule has 0 amide bonds. The Bertz CT molecular complexity index is 378. The van der Waals surface area contributed by atoms with E-state index >= 15 is 0 Å². The second-order valence-electron chi connectivity index (χ2n) is 4.03. The number of aromatic hydroxyl groups is 1. The van der Waals surface area contributed by atoms with Crippen molar-refractivity contribution >= 4 is 0 Å². The van der Waals surface area contributed by atoms with Crippen molar-refractivity contribution in [2.24, 2.45) is 0 Å². The van der Waals surface area contributed by atoms with Crippen LogP contribution in [0, 0.1) is 0 Å². The highest BCUT2D eigenvalue weighted by molar-refractivity contribution is 5.43. The smallest absolute Gasteiger partial charge is 0.122 e. The van der Waals surface area contributed by atoms with Crippen molar-refractivity contribution in [3.63, 3.8) is 0 Å². The maximum absolute atomic E-state index is 9.40. The Morgan fingerprint density at radius 2 is 2.08 bits per heavy atom. The summed E-state index contributed by atoms with van der Waals surface area (Å²) in [5, 5.41) is 9.40. The fourth-order valence-electron chi connectivity index (χ4n) is 1.19. The van der Waals surface area contributed by atoms with E-state index in [4.69, 9.17) is 8.85 Å². The van der Waals surface area contributed by atoms with Crippen LogP contribution in [-0.4, -0.2) is 12.1 Å².